The second-order valence-corrected chi connectivity index (χ2v) is 6.90. The minimum Gasteiger partial charge on any atom is -0.480 e. The summed E-state index contributed by atoms with van der Waals surface area (Å²) in [5.41, 5.74) is 5.62. The van der Waals surface area contributed by atoms with E-state index in [1.807, 2.05) is 0 Å². The fourth-order valence-corrected chi connectivity index (χ4v) is 2.34. The first-order valence-corrected chi connectivity index (χ1v) is 8.42. The van der Waals surface area contributed by atoms with Crippen molar-refractivity contribution in [1.29, 1.82) is 0 Å². The molecule has 1 amide bonds. The predicted molar refractivity (Wildman–Crippen MR) is 94.6 cm³/mol. The summed E-state index contributed by atoms with van der Waals surface area (Å²) >= 11 is 2.26. The van der Waals surface area contributed by atoms with Gasteiger partial charge in [0.25, 0.3) is 0 Å². The number of carboxylic acids is 1. The van der Waals surface area contributed by atoms with Crippen molar-refractivity contribution in [2.24, 2.45) is 5.73 Å². The molecule has 0 aromatic heterocycles. The van der Waals surface area contributed by atoms with Gasteiger partial charge in [-0.3, -0.25) is 9.59 Å². The Hall–Kier alpha value is -1.15. The lowest BCUT2D eigenvalue weighted by Gasteiger charge is -2.18. The highest BCUT2D eigenvalue weighted by atomic mass is 127. The summed E-state index contributed by atoms with van der Waals surface area (Å²) in [6.07, 6.45) is 3.05. The van der Waals surface area contributed by atoms with Crippen molar-refractivity contribution in [2.45, 2.75) is 44.6 Å². The number of halogens is 1. The van der Waals surface area contributed by atoms with Crippen LogP contribution in [0.2, 0.25) is 0 Å². The third-order valence-corrected chi connectivity index (χ3v) is 4.19. The normalized spacial score (nSPS) is 13.4. The molecular formula is C16H23IN2O3. The van der Waals surface area contributed by atoms with Crippen molar-refractivity contribution in [1.82, 2.24) is 5.32 Å². The van der Waals surface area contributed by atoms with Crippen molar-refractivity contribution in [3.05, 3.63) is 33.4 Å². The van der Waals surface area contributed by atoms with Crippen molar-refractivity contribution < 1.29 is 14.7 Å². The number of carbonyl (C=O) groups excluding carboxylic acids is 1. The number of aliphatic carboxylic acids is 1. The standard InChI is InChI=1S/C16H23IN2O3/c1-16(18,15(21)22)10-3-11-19-14(20)5-2-4-12-6-8-13(17)9-7-12/h6-9H,2-5,10-11,18H2,1H3,(H,19,20)(H,21,22). The number of nitrogens with two attached hydrogens (primary N) is 1. The number of hydrogen-bond acceptors (Lipinski definition) is 3. The van der Waals surface area contributed by atoms with Gasteiger partial charge in [0.05, 0.1) is 0 Å². The number of hydrogen-bond donors (Lipinski definition) is 3. The third kappa shape index (κ3) is 7.22. The summed E-state index contributed by atoms with van der Waals surface area (Å²) in [7, 11) is 0. The molecule has 1 aromatic rings. The average Bonchev–Trinajstić information content (AvgIpc) is 2.45. The molecule has 5 nitrogen and oxygen atoms in total. The number of nitrogens with one attached hydrogen (secondary N) is 1. The molecule has 4 N–H and O–H groups in total. The smallest absolute Gasteiger partial charge is 0.323 e. The Morgan fingerprint density at radius 1 is 1.27 bits per heavy atom. The molecule has 0 bridgehead atoms. The van der Waals surface area contributed by atoms with Crippen LogP contribution in [-0.2, 0) is 16.0 Å². The van der Waals surface area contributed by atoms with Gasteiger partial charge in [0, 0.05) is 16.5 Å². The van der Waals surface area contributed by atoms with Gasteiger partial charge >= 0.3 is 5.97 Å². The molecule has 0 aliphatic heterocycles. The zero-order chi connectivity index (χ0) is 16.6. The SMILES string of the molecule is CC(N)(CCCNC(=O)CCCc1ccc(I)cc1)C(=O)O. The number of rotatable bonds is 9. The van der Waals surface area contributed by atoms with Crippen LogP contribution in [0.15, 0.2) is 24.3 Å². The van der Waals surface area contributed by atoms with Gasteiger partial charge in [0.2, 0.25) is 5.91 Å². The van der Waals surface area contributed by atoms with Crippen LogP contribution in [0.4, 0.5) is 0 Å². The minimum absolute atomic E-state index is 0.000406. The van der Waals surface area contributed by atoms with E-state index in [1.165, 1.54) is 16.1 Å². The molecular weight excluding hydrogens is 395 g/mol. The number of carbonyl (C=O) groups is 2. The highest BCUT2D eigenvalue weighted by Crippen LogP contribution is 2.10. The molecule has 1 rings (SSSR count). The van der Waals surface area contributed by atoms with E-state index in [4.69, 9.17) is 10.8 Å². The largest absolute Gasteiger partial charge is 0.480 e. The van der Waals surface area contributed by atoms with E-state index < -0.39 is 11.5 Å². The van der Waals surface area contributed by atoms with Crippen LogP contribution in [0.25, 0.3) is 0 Å². The third-order valence-electron chi connectivity index (χ3n) is 3.47. The van der Waals surface area contributed by atoms with Crippen LogP contribution in [0.1, 0.15) is 38.2 Å². The molecule has 6 heteroatoms. The molecule has 122 valence electrons. The Labute approximate surface area is 144 Å². The van der Waals surface area contributed by atoms with Crippen molar-refractivity contribution in [2.75, 3.05) is 6.54 Å². The van der Waals surface area contributed by atoms with Crippen LogP contribution in [0.3, 0.4) is 0 Å². The molecule has 1 unspecified atom stereocenters. The maximum Gasteiger partial charge on any atom is 0.323 e. The number of carboxylic acid groups (broad SMARTS) is 1. The highest BCUT2D eigenvalue weighted by molar-refractivity contribution is 14.1. The molecule has 22 heavy (non-hydrogen) atoms. The summed E-state index contributed by atoms with van der Waals surface area (Å²) in [4.78, 5) is 22.5. The van der Waals surface area contributed by atoms with Crippen LogP contribution >= 0.6 is 22.6 Å². The van der Waals surface area contributed by atoms with Gasteiger partial charge in [-0.05, 0) is 72.9 Å². The van der Waals surface area contributed by atoms with Crippen molar-refractivity contribution >= 4 is 34.5 Å². The molecule has 0 spiro atoms. The van der Waals surface area contributed by atoms with Gasteiger partial charge in [-0.25, -0.2) is 0 Å². The first kappa shape index (κ1) is 18.9. The van der Waals surface area contributed by atoms with Gasteiger partial charge in [-0.1, -0.05) is 12.1 Å². The van der Waals surface area contributed by atoms with Crippen molar-refractivity contribution in [3.63, 3.8) is 0 Å². The minimum atomic E-state index is -1.23. The fraction of sp³-hybridized carbons (Fsp3) is 0.500. The molecule has 0 saturated carbocycles. The molecule has 0 fully saturated rings. The lowest BCUT2D eigenvalue weighted by atomic mass is 9.97. The van der Waals surface area contributed by atoms with Gasteiger partial charge in [0.15, 0.2) is 0 Å². The molecule has 0 aliphatic carbocycles. The topological polar surface area (TPSA) is 92.4 Å². The lowest BCUT2D eigenvalue weighted by Crippen LogP contribution is -2.45. The van der Waals surface area contributed by atoms with E-state index in [-0.39, 0.29) is 5.91 Å². The van der Waals surface area contributed by atoms with E-state index >= 15 is 0 Å². The highest BCUT2D eigenvalue weighted by Gasteiger charge is 2.26. The van der Waals surface area contributed by atoms with Crippen LogP contribution in [0.5, 0.6) is 0 Å². The number of aryl methyl sites for hydroxylation is 1. The maximum atomic E-state index is 11.7. The van der Waals surface area contributed by atoms with E-state index in [0.29, 0.717) is 25.8 Å². The Bertz CT molecular complexity index is 501. The summed E-state index contributed by atoms with van der Waals surface area (Å²) in [6, 6.07) is 8.27. The monoisotopic (exact) mass is 418 g/mol. The van der Waals surface area contributed by atoms with E-state index in [1.54, 1.807) is 0 Å². The zero-order valence-electron chi connectivity index (χ0n) is 12.8. The Kier molecular flexibility index (Phi) is 7.81. The first-order chi connectivity index (χ1) is 10.3. The number of benzene rings is 1. The molecule has 0 saturated heterocycles. The van der Waals surface area contributed by atoms with Crippen LogP contribution in [-0.4, -0.2) is 29.1 Å². The van der Waals surface area contributed by atoms with Gasteiger partial charge in [-0.2, -0.15) is 0 Å². The Balaban J connectivity index is 2.14. The van der Waals surface area contributed by atoms with Crippen LogP contribution in [0, 0.1) is 3.57 Å². The molecule has 0 aliphatic rings. The summed E-state index contributed by atoms with van der Waals surface area (Å²) in [5.74, 6) is -1.02. The fourth-order valence-electron chi connectivity index (χ4n) is 1.98. The lowest BCUT2D eigenvalue weighted by molar-refractivity contribution is -0.142. The molecule has 1 aromatic carbocycles. The van der Waals surface area contributed by atoms with Gasteiger partial charge in [0.1, 0.15) is 5.54 Å². The Morgan fingerprint density at radius 3 is 2.50 bits per heavy atom. The predicted octanol–water partition coefficient (Wildman–Crippen LogP) is 2.31. The van der Waals surface area contributed by atoms with E-state index in [9.17, 15) is 9.59 Å². The maximum absolute atomic E-state index is 11.7. The summed E-state index contributed by atoms with van der Waals surface area (Å²) < 4.78 is 1.20. The molecule has 1 atom stereocenters. The van der Waals surface area contributed by atoms with E-state index in [2.05, 4.69) is 52.2 Å². The van der Waals surface area contributed by atoms with Crippen molar-refractivity contribution in [3.8, 4) is 0 Å². The molecule has 0 heterocycles. The second kappa shape index (κ2) is 9.09. The summed E-state index contributed by atoms with van der Waals surface area (Å²) in [5, 5.41) is 11.7. The van der Waals surface area contributed by atoms with Gasteiger partial charge < -0.3 is 16.2 Å². The molecule has 0 radical (unpaired) electrons. The average molecular weight is 418 g/mol. The second-order valence-electron chi connectivity index (χ2n) is 5.66. The zero-order valence-corrected chi connectivity index (χ0v) is 14.9. The van der Waals surface area contributed by atoms with E-state index in [0.717, 1.165) is 12.8 Å². The first-order valence-electron chi connectivity index (χ1n) is 7.35. The number of amides is 1. The van der Waals surface area contributed by atoms with Gasteiger partial charge in [-0.15, -0.1) is 0 Å². The quantitative estimate of drug-likeness (QED) is 0.424. The summed E-state index contributed by atoms with van der Waals surface area (Å²) in [6.45, 7) is 1.95. The van der Waals surface area contributed by atoms with Crippen LogP contribution < -0.4 is 11.1 Å². The Morgan fingerprint density at radius 2 is 1.91 bits per heavy atom.